The van der Waals surface area contributed by atoms with E-state index < -0.39 is 0 Å². The molecule has 23 heavy (non-hydrogen) atoms. The number of rotatable bonds is 5. The molecule has 0 fully saturated rings. The number of carbonyl (C=O) groups is 1. The molecule has 0 atom stereocenters. The standard InChI is InChI=1S/C18H20BrNO3/c1-11-5-6-15(12(2)7-11)20-18(21)9-13-8-16(22-3)17(23-4)10-14(13)19/h5-8,10H,9H2,1-4H3,(H,20,21). The first-order valence-corrected chi connectivity index (χ1v) is 8.01. The van der Waals surface area contributed by atoms with Crippen LogP contribution in [0.3, 0.4) is 0 Å². The molecule has 2 aromatic carbocycles. The fourth-order valence-corrected chi connectivity index (χ4v) is 2.82. The van der Waals surface area contributed by atoms with Crippen LogP contribution in [0.15, 0.2) is 34.8 Å². The van der Waals surface area contributed by atoms with E-state index in [9.17, 15) is 4.79 Å². The van der Waals surface area contributed by atoms with Gasteiger partial charge < -0.3 is 14.8 Å². The normalized spacial score (nSPS) is 10.3. The number of methoxy groups -OCH3 is 2. The molecule has 0 aliphatic carbocycles. The van der Waals surface area contributed by atoms with E-state index in [1.165, 1.54) is 5.56 Å². The van der Waals surface area contributed by atoms with Gasteiger partial charge in [-0.2, -0.15) is 0 Å². The second-order valence-electron chi connectivity index (χ2n) is 5.34. The van der Waals surface area contributed by atoms with Gasteiger partial charge in [0.05, 0.1) is 20.6 Å². The summed E-state index contributed by atoms with van der Waals surface area (Å²) >= 11 is 3.47. The van der Waals surface area contributed by atoms with E-state index in [0.29, 0.717) is 11.5 Å². The van der Waals surface area contributed by atoms with Crippen molar-refractivity contribution in [2.24, 2.45) is 0 Å². The molecular weight excluding hydrogens is 358 g/mol. The zero-order valence-corrected chi connectivity index (χ0v) is 15.3. The highest BCUT2D eigenvalue weighted by atomic mass is 79.9. The van der Waals surface area contributed by atoms with Gasteiger partial charge in [-0.3, -0.25) is 4.79 Å². The number of nitrogens with one attached hydrogen (secondary N) is 1. The van der Waals surface area contributed by atoms with Gasteiger partial charge in [0.25, 0.3) is 0 Å². The Hall–Kier alpha value is -2.01. The molecule has 0 unspecified atom stereocenters. The summed E-state index contributed by atoms with van der Waals surface area (Å²) in [5.74, 6) is 1.15. The summed E-state index contributed by atoms with van der Waals surface area (Å²) in [5, 5.41) is 2.95. The lowest BCUT2D eigenvalue weighted by molar-refractivity contribution is -0.115. The Bertz CT molecular complexity index is 728. The largest absolute Gasteiger partial charge is 0.493 e. The zero-order valence-electron chi connectivity index (χ0n) is 13.7. The Morgan fingerprint density at radius 2 is 1.74 bits per heavy atom. The smallest absolute Gasteiger partial charge is 0.228 e. The Morgan fingerprint density at radius 1 is 1.09 bits per heavy atom. The van der Waals surface area contributed by atoms with Crippen LogP contribution in [-0.4, -0.2) is 20.1 Å². The molecular formula is C18H20BrNO3. The fourth-order valence-electron chi connectivity index (χ4n) is 2.35. The van der Waals surface area contributed by atoms with E-state index in [1.54, 1.807) is 20.3 Å². The minimum Gasteiger partial charge on any atom is -0.493 e. The van der Waals surface area contributed by atoms with Crippen LogP contribution in [0.1, 0.15) is 16.7 Å². The van der Waals surface area contributed by atoms with Crippen LogP contribution in [0.25, 0.3) is 0 Å². The van der Waals surface area contributed by atoms with Crippen molar-refractivity contribution in [3.05, 3.63) is 51.5 Å². The van der Waals surface area contributed by atoms with Gasteiger partial charge in [-0.25, -0.2) is 0 Å². The molecule has 0 saturated carbocycles. The molecule has 0 bridgehead atoms. The lowest BCUT2D eigenvalue weighted by Gasteiger charge is -2.13. The first-order valence-electron chi connectivity index (χ1n) is 7.22. The molecule has 2 rings (SSSR count). The average molecular weight is 378 g/mol. The van der Waals surface area contributed by atoms with Crippen LogP contribution in [0.5, 0.6) is 11.5 Å². The topological polar surface area (TPSA) is 47.6 Å². The molecule has 0 radical (unpaired) electrons. The van der Waals surface area contributed by atoms with E-state index in [1.807, 2.05) is 38.1 Å². The number of hydrogen-bond donors (Lipinski definition) is 1. The lowest BCUT2D eigenvalue weighted by Crippen LogP contribution is -2.15. The molecule has 0 aromatic heterocycles. The fraction of sp³-hybridized carbons (Fsp3) is 0.278. The second-order valence-corrected chi connectivity index (χ2v) is 6.20. The van der Waals surface area contributed by atoms with E-state index in [4.69, 9.17) is 9.47 Å². The summed E-state index contributed by atoms with van der Waals surface area (Å²) in [7, 11) is 3.15. The van der Waals surface area contributed by atoms with Crippen molar-refractivity contribution in [3.8, 4) is 11.5 Å². The van der Waals surface area contributed by atoms with Crippen molar-refractivity contribution >= 4 is 27.5 Å². The summed E-state index contributed by atoms with van der Waals surface area (Å²) < 4.78 is 11.3. The van der Waals surface area contributed by atoms with Gasteiger partial charge in [-0.1, -0.05) is 33.6 Å². The molecule has 2 aromatic rings. The molecule has 1 N–H and O–H groups in total. The van der Waals surface area contributed by atoms with Gasteiger partial charge in [-0.05, 0) is 43.2 Å². The van der Waals surface area contributed by atoms with Gasteiger partial charge in [0.2, 0.25) is 5.91 Å². The van der Waals surface area contributed by atoms with Gasteiger partial charge in [0.15, 0.2) is 11.5 Å². The highest BCUT2D eigenvalue weighted by Crippen LogP contribution is 2.33. The van der Waals surface area contributed by atoms with Crippen molar-refractivity contribution in [1.82, 2.24) is 0 Å². The van der Waals surface area contributed by atoms with Crippen LogP contribution < -0.4 is 14.8 Å². The molecule has 5 heteroatoms. The SMILES string of the molecule is COc1cc(Br)c(CC(=O)Nc2ccc(C)cc2C)cc1OC. The number of benzene rings is 2. The zero-order chi connectivity index (χ0) is 17.0. The predicted octanol–water partition coefficient (Wildman–Crippen LogP) is 4.26. The quantitative estimate of drug-likeness (QED) is 0.846. The maximum absolute atomic E-state index is 12.3. The number of amides is 1. The van der Waals surface area contributed by atoms with Gasteiger partial charge in [-0.15, -0.1) is 0 Å². The van der Waals surface area contributed by atoms with Gasteiger partial charge in [0.1, 0.15) is 0 Å². The first kappa shape index (κ1) is 17.3. The lowest BCUT2D eigenvalue weighted by atomic mass is 10.1. The highest BCUT2D eigenvalue weighted by Gasteiger charge is 2.13. The third kappa shape index (κ3) is 4.26. The number of carbonyl (C=O) groups excluding carboxylic acids is 1. The minimum absolute atomic E-state index is 0.0788. The van der Waals surface area contributed by atoms with Crippen LogP contribution in [0.4, 0.5) is 5.69 Å². The highest BCUT2D eigenvalue weighted by molar-refractivity contribution is 9.10. The van der Waals surface area contributed by atoms with Crippen LogP contribution >= 0.6 is 15.9 Å². The summed E-state index contributed by atoms with van der Waals surface area (Å²) in [4.78, 5) is 12.3. The molecule has 1 amide bonds. The Morgan fingerprint density at radius 3 is 2.35 bits per heavy atom. The van der Waals surface area contributed by atoms with Crippen LogP contribution in [0, 0.1) is 13.8 Å². The maximum Gasteiger partial charge on any atom is 0.228 e. The van der Waals surface area contributed by atoms with Crippen LogP contribution in [-0.2, 0) is 11.2 Å². The Kier molecular flexibility index (Phi) is 5.66. The third-order valence-corrected chi connectivity index (χ3v) is 4.30. The summed E-state index contributed by atoms with van der Waals surface area (Å²) in [6, 6.07) is 9.56. The van der Waals surface area contributed by atoms with Gasteiger partial charge >= 0.3 is 0 Å². The summed E-state index contributed by atoms with van der Waals surface area (Å²) in [6.07, 6.45) is 0.244. The molecule has 0 spiro atoms. The number of aryl methyl sites for hydroxylation is 2. The van der Waals surface area contributed by atoms with Crippen LogP contribution in [0.2, 0.25) is 0 Å². The minimum atomic E-state index is -0.0788. The molecule has 4 nitrogen and oxygen atoms in total. The number of halogens is 1. The van der Waals surface area contributed by atoms with E-state index in [2.05, 4.69) is 21.2 Å². The van der Waals surface area contributed by atoms with Crippen molar-refractivity contribution in [1.29, 1.82) is 0 Å². The molecule has 122 valence electrons. The Balaban J connectivity index is 2.17. The van der Waals surface area contributed by atoms with E-state index in [0.717, 1.165) is 21.3 Å². The van der Waals surface area contributed by atoms with E-state index >= 15 is 0 Å². The van der Waals surface area contributed by atoms with Crippen molar-refractivity contribution in [2.75, 3.05) is 19.5 Å². The van der Waals surface area contributed by atoms with Gasteiger partial charge in [0, 0.05) is 10.2 Å². The van der Waals surface area contributed by atoms with Crippen molar-refractivity contribution in [2.45, 2.75) is 20.3 Å². The average Bonchev–Trinajstić information content (AvgIpc) is 2.51. The second kappa shape index (κ2) is 7.51. The monoisotopic (exact) mass is 377 g/mol. The number of anilines is 1. The predicted molar refractivity (Wildman–Crippen MR) is 95.5 cm³/mol. The number of ether oxygens (including phenoxy) is 2. The molecule has 0 aliphatic rings. The van der Waals surface area contributed by atoms with Crippen molar-refractivity contribution in [3.63, 3.8) is 0 Å². The maximum atomic E-state index is 12.3. The summed E-state index contributed by atoms with van der Waals surface area (Å²) in [5.41, 5.74) is 3.88. The third-order valence-electron chi connectivity index (χ3n) is 3.56. The van der Waals surface area contributed by atoms with Crippen molar-refractivity contribution < 1.29 is 14.3 Å². The van der Waals surface area contributed by atoms with E-state index in [-0.39, 0.29) is 12.3 Å². The summed E-state index contributed by atoms with van der Waals surface area (Å²) in [6.45, 7) is 4.01. The molecule has 0 saturated heterocycles. The Labute approximate surface area is 144 Å². The molecule has 0 aliphatic heterocycles. The number of hydrogen-bond acceptors (Lipinski definition) is 3. The molecule has 0 heterocycles. The first-order chi connectivity index (χ1) is 10.9.